The zero-order valence-electron chi connectivity index (χ0n) is 9.73. The molecule has 2 nitrogen and oxygen atoms in total. The Morgan fingerprint density at radius 2 is 1.56 bits per heavy atom. The second-order valence-corrected chi connectivity index (χ2v) is 5.61. The fraction of sp³-hybridized carbons (Fsp3) is 0.909. The number of nitrogens with zero attached hydrogens (tertiary/aromatic N) is 2. The topological polar surface area (TPSA) is 6.48 Å². The molecule has 0 atom stereocenters. The summed E-state index contributed by atoms with van der Waals surface area (Å²) in [5.74, 6) is 0. The van der Waals surface area contributed by atoms with Crippen LogP contribution in [0.25, 0.3) is 0 Å². The molecule has 1 aliphatic carbocycles. The van der Waals surface area contributed by atoms with Gasteiger partial charge in [-0.1, -0.05) is 23.6 Å². The third-order valence-electron chi connectivity index (χ3n) is 3.66. The Morgan fingerprint density at radius 1 is 1.00 bits per heavy atom. The second kappa shape index (κ2) is 7.43. The zero-order chi connectivity index (χ0) is 10.7. The third kappa shape index (κ3) is 4.03. The number of hydrogen-bond acceptors (Lipinski definition) is 3. The molecule has 0 aromatic rings. The fourth-order valence-corrected chi connectivity index (χ4v) is 3.08. The quantitative estimate of drug-likeness (QED) is 0.340. The smallest absolute Gasteiger partial charge is 0.411 e. The van der Waals surface area contributed by atoms with Crippen LogP contribution in [0.5, 0.6) is 0 Å². The Hall–Kier alpha value is 0.992. The van der Waals surface area contributed by atoms with Crippen molar-refractivity contribution in [2.75, 3.05) is 26.2 Å². The van der Waals surface area contributed by atoms with Crippen molar-refractivity contribution in [3.63, 3.8) is 0 Å². The van der Waals surface area contributed by atoms with Gasteiger partial charge in [0.15, 0.2) is 0 Å². The van der Waals surface area contributed by atoms with Gasteiger partial charge < -0.3 is 29.7 Å². The molecule has 0 unspecified atom stereocenters. The normalized spacial score (nSPS) is 23.9. The second-order valence-electron chi connectivity index (χ2n) is 4.58. The average molecular weight is 448 g/mol. The Balaban J connectivity index is 0.00000128. The van der Waals surface area contributed by atoms with E-state index in [1.807, 2.05) is 0 Å². The summed E-state index contributed by atoms with van der Waals surface area (Å²) in [7, 11) is 0. The van der Waals surface area contributed by atoms with Crippen LogP contribution in [0.4, 0.5) is 0 Å². The number of thiocarbonyl (C=S) groups is 1. The van der Waals surface area contributed by atoms with Crippen molar-refractivity contribution in [2.45, 2.75) is 38.1 Å². The van der Waals surface area contributed by atoms with E-state index in [1.165, 1.54) is 32.1 Å². The van der Waals surface area contributed by atoms with Crippen molar-refractivity contribution < 1.29 is 0 Å². The summed E-state index contributed by atoms with van der Waals surface area (Å²) in [5.41, 5.74) is 0. The van der Waals surface area contributed by atoms with E-state index in [1.54, 1.807) is 0 Å². The first-order valence-corrected chi connectivity index (χ1v) is 6.79. The molecular weight excluding hydrogens is 429 g/mol. The molecule has 0 N–H and O–H groups in total. The van der Waals surface area contributed by atoms with Gasteiger partial charge in [0.25, 0.3) is 0 Å². The first kappa shape index (κ1) is 15.1. The van der Waals surface area contributed by atoms with Crippen molar-refractivity contribution in [3.05, 3.63) is 0 Å². The number of piperazine rings is 1. The zero-order valence-corrected chi connectivity index (χ0v) is 15.9. The molecule has 0 bridgehead atoms. The van der Waals surface area contributed by atoms with Crippen LogP contribution < -0.4 is 0 Å². The van der Waals surface area contributed by atoms with E-state index in [0.29, 0.717) is 4.32 Å². The van der Waals surface area contributed by atoms with E-state index in [2.05, 4.69) is 9.80 Å². The van der Waals surface area contributed by atoms with Crippen LogP contribution in [0.3, 0.4) is 0 Å². The van der Waals surface area contributed by atoms with E-state index in [0.717, 1.165) is 32.2 Å². The summed E-state index contributed by atoms with van der Waals surface area (Å²) in [6, 6.07) is 0.847. The molecule has 0 aromatic heterocycles. The molecule has 2 rings (SSSR count). The van der Waals surface area contributed by atoms with E-state index < -0.39 is 0 Å². The number of rotatable bonds is 1. The van der Waals surface area contributed by atoms with Crippen molar-refractivity contribution in [1.29, 1.82) is 0 Å². The summed E-state index contributed by atoms with van der Waals surface area (Å²) in [6.07, 6.45) is 7.08. The largest absolute Gasteiger partial charge is 1.00 e. The summed E-state index contributed by atoms with van der Waals surface area (Å²) < 4.78 is 0.651. The van der Waals surface area contributed by atoms with E-state index in [9.17, 15) is 0 Å². The van der Waals surface area contributed by atoms with Gasteiger partial charge >= 0.3 is 27.3 Å². The van der Waals surface area contributed by atoms with Gasteiger partial charge in [-0.15, -0.1) is 0 Å². The maximum absolute atomic E-state index is 5.03. The molecule has 5 heteroatoms. The molecule has 16 heavy (non-hydrogen) atoms. The first-order chi connectivity index (χ1) is 7.27. The molecule has 1 saturated carbocycles. The van der Waals surface area contributed by atoms with Gasteiger partial charge in [0.05, 0.1) is 0 Å². The van der Waals surface area contributed by atoms with Crippen LogP contribution >= 0.6 is 12.2 Å². The predicted octanol–water partition coefficient (Wildman–Crippen LogP) is 1.39. The molecule has 0 spiro atoms. The van der Waals surface area contributed by atoms with Crippen LogP contribution in [-0.2, 0) is 12.6 Å². The molecule has 0 amide bonds. The van der Waals surface area contributed by atoms with Gasteiger partial charge in [0.2, 0.25) is 0 Å². The Morgan fingerprint density at radius 3 is 2.06 bits per heavy atom. The minimum Gasteiger partial charge on any atom is -0.411 e. The van der Waals surface area contributed by atoms with Gasteiger partial charge in [-0.2, -0.15) is 0 Å². The standard InChI is InChI=1S/C11H20N2S2.Tl/c14-11(15)13-8-6-12(7-9-13)10-4-2-1-3-5-10;/h10H,1-9H2,(H,14,15);/q;+1/p-1. The van der Waals surface area contributed by atoms with Crippen molar-refractivity contribution in [3.8, 4) is 0 Å². The van der Waals surface area contributed by atoms with Crippen LogP contribution in [0.1, 0.15) is 32.1 Å². The van der Waals surface area contributed by atoms with Gasteiger partial charge in [0.1, 0.15) is 0 Å². The summed E-state index contributed by atoms with van der Waals surface area (Å²) >= 11 is 10.1. The maximum atomic E-state index is 5.03. The molecule has 0 radical (unpaired) electrons. The first-order valence-electron chi connectivity index (χ1n) is 5.97. The number of hydrogen-bond donors (Lipinski definition) is 0. The molecule has 1 aliphatic heterocycles. The van der Waals surface area contributed by atoms with Crippen molar-refractivity contribution >= 4 is 56.5 Å². The minimum absolute atomic E-state index is 0. The van der Waals surface area contributed by atoms with Gasteiger partial charge in [0, 0.05) is 32.2 Å². The third-order valence-corrected chi connectivity index (χ3v) is 4.18. The SMILES string of the molecule is S=C([S-])N1CCN(C2CCCCC2)CC1.[Tl+]. The summed E-state index contributed by atoms with van der Waals surface area (Å²) in [5, 5.41) is 0. The molecule has 2 fully saturated rings. The van der Waals surface area contributed by atoms with Crippen LogP contribution in [0.15, 0.2) is 0 Å². The van der Waals surface area contributed by atoms with Crippen LogP contribution in [0, 0.1) is 0 Å². The monoisotopic (exact) mass is 448 g/mol. The summed E-state index contributed by atoms with van der Waals surface area (Å²) in [6.45, 7) is 4.39. The maximum Gasteiger partial charge on any atom is 1.00 e. The van der Waals surface area contributed by atoms with Gasteiger partial charge in [-0.3, -0.25) is 4.90 Å². The van der Waals surface area contributed by atoms with Crippen molar-refractivity contribution in [1.82, 2.24) is 9.80 Å². The minimum atomic E-state index is 0. The van der Waals surface area contributed by atoms with Gasteiger partial charge in [-0.25, -0.2) is 0 Å². The molecular formula is C11H19N2S2Tl. The van der Waals surface area contributed by atoms with E-state index in [4.69, 9.17) is 24.8 Å². The predicted molar refractivity (Wildman–Crippen MR) is 75.7 cm³/mol. The van der Waals surface area contributed by atoms with Crippen LogP contribution in [-0.4, -0.2) is 73.6 Å². The molecule has 88 valence electrons. The molecule has 2 aliphatic rings. The molecule has 0 aromatic carbocycles. The fourth-order valence-electron chi connectivity index (χ4n) is 2.72. The molecule has 1 saturated heterocycles. The Labute approximate surface area is 130 Å². The Kier molecular flexibility index (Phi) is 6.99. The van der Waals surface area contributed by atoms with Crippen molar-refractivity contribution in [2.24, 2.45) is 0 Å². The van der Waals surface area contributed by atoms with E-state index >= 15 is 0 Å². The van der Waals surface area contributed by atoms with E-state index in [-0.39, 0.29) is 27.3 Å². The van der Waals surface area contributed by atoms with Crippen LogP contribution in [0.2, 0.25) is 0 Å². The van der Waals surface area contributed by atoms with Gasteiger partial charge in [-0.05, 0) is 12.8 Å². The summed E-state index contributed by atoms with van der Waals surface area (Å²) in [4.78, 5) is 4.80. The average Bonchev–Trinajstić information content (AvgIpc) is 2.30. The molecule has 1 heterocycles. The Bertz CT molecular complexity index is 224.